The van der Waals surface area contributed by atoms with Gasteiger partial charge in [0, 0.05) is 17.4 Å². The number of benzene rings is 2. The first-order valence-electron chi connectivity index (χ1n) is 7.45. The molecule has 0 aliphatic heterocycles. The van der Waals surface area contributed by atoms with Crippen LogP contribution in [0.2, 0.25) is 0 Å². The van der Waals surface area contributed by atoms with Crippen LogP contribution in [0.5, 0.6) is 5.75 Å². The highest BCUT2D eigenvalue weighted by molar-refractivity contribution is 5.82. The maximum Gasteiger partial charge on any atom is 0.128 e. The number of hydrogen-bond acceptors (Lipinski definition) is 1. The molecule has 108 valence electrons. The van der Waals surface area contributed by atoms with E-state index in [0.29, 0.717) is 6.61 Å². The quantitative estimate of drug-likeness (QED) is 0.665. The third kappa shape index (κ3) is 2.80. The lowest BCUT2D eigenvalue weighted by Crippen LogP contribution is -2.04. The molecule has 0 aliphatic carbocycles. The monoisotopic (exact) mass is 279 g/mol. The Morgan fingerprint density at radius 1 is 0.952 bits per heavy atom. The number of aryl methyl sites for hydroxylation is 3. The minimum atomic E-state index is 0.602. The summed E-state index contributed by atoms with van der Waals surface area (Å²) in [5.41, 5.74) is 5.03. The maximum absolute atomic E-state index is 5.95. The molecule has 0 spiro atoms. The summed E-state index contributed by atoms with van der Waals surface area (Å²) in [6, 6.07) is 17.0. The molecule has 0 saturated heterocycles. The molecule has 3 aromatic rings. The molecule has 0 saturated carbocycles. The van der Waals surface area contributed by atoms with E-state index in [1.54, 1.807) is 0 Å². The van der Waals surface area contributed by atoms with Crippen LogP contribution < -0.4 is 4.74 Å². The second kappa shape index (κ2) is 5.65. The molecule has 2 aromatic carbocycles. The summed E-state index contributed by atoms with van der Waals surface area (Å²) in [6.07, 6.45) is 0. The summed E-state index contributed by atoms with van der Waals surface area (Å²) in [5.74, 6) is 0.930. The van der Waals surface area contributed by atoms with E-state index in [9.17, 15) is 0 Å². The van der Waals surface area contributed by atoms with Gasteiger partial charge in [0.05, 0.1) is 5.69 Å². The van der Waals surface area contributed by atoms with Crippen molar-refractivity contribution >= 4 is 10.9 Å². The Bertz CT molecular complexity index is 770. The van der Waals surface area contributed by atoms with Crippen molar-refractivity contribution in [2.45, 2.75) is 33.9 Å². The molecule has 0 fully saturated rings. The van der Waals surface area contributed by atoms with Crippen molar-refractivity contribution in [3.8, 4) is 5.75 Å². The van der Waals surface area contributed by atoms with Crippen LogP contribution in [0.25, 0.3) is 10.9 Å². The zero-order chi connectivity index (χ0) is 14.8. The first-order chi connectivity index (χ1) is 10.2. The van der Waals surface area contributed by atoms with Crippen molar-refractivity contribution in [1.29, 1.82) is 0 Å². The van der Waals surface area contributed by atoms with Crippen molar-refractivity contribution < 1.29 is 4.74 Å². The third-order valence-corrected chi connectivity index (χ3v) is 3.84. The van der Waals surface area contributed by atoms with Gasteiger partial charge in [-0.05, 0) is 56.2 Å². The van der Waals surface area contributed by atoms with E-state index >= 15 is 0 Å². The van der Waals surface area contributed by atoms with Gasteiger partial charge < -0.3 is 9.30 Å². The second-order valence-electron chi connectivity index (χ2n) is 5.55. The van der Waals surface area contributed by atoms with Gasteiger partial charge in [-0.2, -0.15) is 0 Å². The number of fused-ring (bicyclic) bond motifs is 1. The van der Waals surface area contributed by atoms with Gasteiger partial charge in [0.25, 0.3) is 0 Å². The molecule has 0 radical (unpaired) electrons. The molecule has 0 N–H and O–H groups in total. The van der Waals surface area contributed by atoms with Gasteiger partial charge in [-0.3, -0.25) is 0 Å². The van der Waals surface area contributed by atoms with E-state index in [0.717, 1.165) is 12.3 Å². The Kier molecular flexibility index (Phi) is 3.70. The van der Waals surface area contributed by atoms with E-state index in [1.165, 1.54) is 27.7 Å². The van der Waals surface area contributed by atoms with Crippen LogP contribution >= 0.6 is 0 Å². The van der Waals surface area contributed by atoms with Crippen molar-refractivity contribution in [3.63, 3.8) is 0 Å². The minimum absolute atomic E-state index is 0.602. The Morgan fingerprint density at radius 3 is 2.52 bits per heavy atom. The average Bonchev–Trinajstić information content (AvgIpc) is 2.82. The number of nitrogens with zero attached hydrogens (tertiary/aromatic N) is 1. The van der Waals surface area contributed by atoms with Crippen LogP contribution in [0.4, 0.5) is 0 Å². The highest BCUT2D eigenvalue weighted by Gasteiger charge is 2.08. The fourth-order valence-corrected chi connectivity index (χ4v) is 2.78. The summed E-state index contributed by atoms with van der Waals surface area (Å²) in [4.78, 5) is 0. The lowest BCUT2D eigenvalue weighted by atomic mass is 10.2. The number of ether oxygens (including phenoxy) is 1. The Hall–Kier alpha value is -2.22. The topological polar surface area (TPSA) is 14.2 Å². The number of rotatable bonds is 4. The van der Waals surface area contributed by atoms with Gasteiger partial charge in [0.1, 0.15) is 12.4 Å². The van der Waals surface area contributed by atoms with Crippen molar-refractivity contribution in [2.75, 3.05) is 0 Å². The zero-order valence-corrected chi connectivity index (χ0v) is 12.9. The Morgan fingerprint density at radius 2 is 1.76 bits per heavy atom. The van der Waals surface area contributed by atoms with Gasteiger partial charge in [0.2, 0.25) is 0 Å². The molecule has 21 heavy (non-hydrogen) atoms. The smallest absolute Gasteiger partial charge is 0.128 e. The fraction of sp³-hybridized carbons (Fsp3) is 0.263. The second-order valence-corrected chi connectivity index (χ2v) is 5.55. The van der Waals surface area contributed by atoms with Gasteiger partial charge in [-0.15, -0.1) is 0 Å². The maximum atomic E-state index is 5.95. The molecule has 0 aliphatic rings. The van der Waals surface area contributed by atoms with E-state index < -0.39 is 0 Å². The van der Waals surface area contributed by atoms with Crippen molar-refractivity contribution in [2.24, 2.45) is 0 Å². The van der Waals surface area contributed by atoms with E-state index in [4.69, 9.17) is 4.74 Å². The summed E-state index contributed by atoms with van der Waals surface area (Å²) in [5, 5.41) is 1.28. The molecule has 1 heterocycles. The lowest BCUT2D eigenvalue weighted by Gasteiger charge is -2.10. The van der Waals surface area contributed by atoms with Crippen LogP contribution in [0, 0.1) is 13.8 Å². The largest absolute Gasteiger partial charge is 0.487 e. The minimum Gasteiger partial charge on any atom is -0.487 e. The summed E-state index contributed by atoms with van der Waals surface area (Å²) >= 11 is 0. The molecule has 0 atom stereocenters. The first kappa shape index (κ1) is 13.7. The van der Waals surface area contributed by atoms with Gasteiger partial charge in [-0.1, -0.05) is 24.3 Å². The predicted octanol–water partition coefficient (Wildman–Crippen LogP) is 4.86. The van der Waals surface area contributed by atoms with Gasteiger partial charge in [0.15, 0.2) is 0 Å². The van der Waals surface area contributed by atoms with Crippen LogP contribution in [0.1, 0.15) is 23.7 Å². The van der Waals surface area contributed by atoms with Crippen LogP contribution in [-0.2, 0) is 13.2 Å². The molecule has 3 rings (SSSR count). The van der Waals surface area contributed by atoms with Crippen molar-refractivity contribution in [3.05, 3.63) is 65.4 Å². The molecule has 2 nitrogen and oxygen atoms in total. The number of aromatic nitrogens is 1. The lowest BCUT2D eigenvalue weighted by molar-refractivity contribution is 0.296. The highest BCUT2D eigenvalue weighted by atomic mass is 16.5. The Labute approximate surface area is 126 Å². The zero-order valence-electron chi connectivity index (χ0n) is 12.9. The first-order valence-corrected chi connectivity index (χ1v) is 7.45. The summed E-state index contributed by atoms with van der Waals surface area (Å²) < 4.78 is 8.29. The third-order valence-electron chi connectivity index (χ3n) is 3.84. The van der Waals surface area contributed by atoms with E-state index in [-0.39, 0.29) is 0 Å². The Balaban J connectivity index is 1.90. The molecule has 1 aromatic heterocycles. The highest BCUT2D eigenvalue weighted by Crippen LogP contribution is 2.23. The standard InChI is InChI=1S/C19H21NO/c1-4-20-17(12-16-9-8-15(3)11-19(16)20)13-21-18-7-5-6-14(2)10-18/h5-12H,4,13H2,1-3H3. The molecule has 0 amide bonds. The van der Waals surface area contributed by atoms with Crippen LogP contribution in [-0.4, -0.2) is 4.57 Å². The SMILES string of the molecule is CCn1c(COc2cccc(C)c2)cc2ccc(C)cc21. The number of hydrogen-bond donors (Lipinski definition) is 0. The summed E-state index contributed by atoms with van der Waals surface area (Å²) in [6.45, 7) is 7.95. The van der Waals surface area contributed by atoms with Gasteiger partial charge in [-0.25, -0.2) is 0 Å². The van der Waals surface area contributed by atoms with E-state index in [1.807, 2.05) is 12.1 Å². The van der Waals surface area contributed by atoms with Crippen LogP contribution in [0.3, 0.4) is 0 Å². The predicted molar refractivity (Wildman–Crippen MR) is 87.9 cm³/mol. The normalized spacial score (nSPS) is 11.0. The van der Waals surface area contributed by atoms with E-state index in [2.05, 4.69) is 61.7 Å². The molecule has 0 bridgehead atoms. The van der Waals surface area contributed by atoms with Gasteiger partial charge >= 0.3 is 0 Å². The molecule has 2 heteroatoms. The molecule has 0 unspecified atom stereocenters. The molecular weight excluding hydrogens is 258 g/mol. The fourth-order valence-electron chi connectivity index (χ4n) is 2.78. The van der Waals surface area contributed by atoms with Crippen LogP contribution in [0.15, 0.2) is 48.5 Å². The average molecular weight is 279 g/mol. The molecular formula is C19H21NO. The van der Waals surface area contributed by atoms with Crippen molar-refractivity contribution in [1.82, 2.24) is 4.57 Å². The summed E-state index contributed by atoms with van der Waals surface area (Å²) in [7, 11) is 0.